The van der Waals surface area contributed by atoms with Crippen LogP contribution in [0.15, 0.2) is 12.1 Å². The van der Waals surface area contributed by atoms with E-state index in [9.17, 15) is 0 Å². The monoisotopic (exact) mass is 197 g/mol. The maximum atomic E-state index is 5.67. The number of halogens is 2. The Balaban J connectivity index is 0.000000810. The predicted molar refractivity (Wildman–Crippen MR) is 49.2 cm³/mol. The molecule has 0 aromatic carbocycles. The van der Waals surface area contributed by atoms with Gasteiger partial charge in [0.1, 0.15) is 0 Å². The zero-order chi connectivity index (χ0) is 6.85. The van der Waals surface area contributed by atoms with Crippen LogP contribution in [0, 0.1) is 0 Å². The van der Waals surface area contributed by atoms with Crippen LogP contribution in [-0.2, 0) is 0 Å². The van der Waals surface area contributed by atoms with Crippen molar-refractivity contribution in [3.05, 3.63) is 21.3 Å². The zero-order valence-corrected chi connectivity index (χ0v) is 7.89. The van der Waals surface area contributed by atoms with Gasteiger partial charge in [-0.15, -0.1) is 23.7 Å². The van der Waals surface area contributed by atoms with E-state index in [4.69, 9.17) is 17.3 Å². The Morgan fingerprint density at radius 1 is 1.60 bits per heavy atom. The van der Waals surface area contributed by atoms with E-state index in [-0.39, 0.29) is 18.4 Å². The Hall–Kier alpha value is 0.240. The average Bonchev–Trinajstić information content (AvgIpc) is 2.14. The molecule has 0 saturated carbocycles. The van der Waals surface area contributed by atoms with Crippen molar-refractivity contribution in [3.63, 3.8) is 0 Å². The molecule has 0 aliphatic heterocycles. The van der Waals surface area contributed by atoms with Gasteiger partial charge in [0.15, 0.2) is 0 Å². The van der Waals surface area contributed by atoms with E-state index in [1.54, 1.807) is 0 Å². The smallest absolute Gasteiger partial charge is 0.0931 e. The Morgan fingerprint density at radius 3 is 2.40 bits per heavy atom. The first-order chi connectivity index (χ1) is 4.20. The van der Waals surface area contributed by atoms with Gasteiger partial charge >= 0.3 is 0 Å². The first-order valence-corrected chi connectivity index (χ1v) is 3.90. The molecule has 1 unspecified atom stereocenters. The molecule has 1 nitrogen and oxygen atoms in total. The molecule has 4 heteroatoms. The molecule has 1 aromatic rings. The maximum Gasteiger partial charge on any atom is 0.0931 e. The molecule has 1 heterocycles. The van der Waals surface area contributed by atoms with Crippen molar-refractivity contribution in [2.75, 3.05) is 0 Å². The summed E-state index contributed by atoms with van der Waals surface area (Å²) in [4.78, 5) is 1.14. The van der Waals surface area contributed by atoms with Crippen LogP contribution in [0.3, 0.4) is 0 Å². The van der Waals surface area contributed by atoms with E-state index in [1.807, 2.05) is 19.1 Å². The molecule has 0 fully saturated rings. The second-order valence-corrected chi connectivity index (χ2v) is 3.68. The molecule has 0 bridgehead atoms. The average molecular weight is 198 g/mol. The fourth-order valence-electron chi connectivity index (χ4n) is 0.573. The first-order valence-electron chi connectivity index (χ1n) is 2.71. The highest BCUT2D eigenvalue weighted by Crippen LogP contribution is 2.24. The van der Waals surface area contributed by atoms with Crippen molar-refractivity contribution in [2.45, 2.75) is 13.0 Å². The summed E-state index contributed by atoms with van der Waals surface area (Å²) in [6.45, 7) is 1.95. The van der Waals surface area contributed by atoms with E-state index in [0.29, 0.717) is 0 Å². The number of nitrogens with two attached hydrogens (primary N) is 1. The van der Waals surface area contributed by atoms with Crippen molar-refractivity contribution < 1.29 is 0 Å². The van der Waals surface area contributed by atoms with Crippen molar-refractivity contribution in [3.8, 4) is 0 Å². The van der Waals surface area contributed by atoms with Crippen LogP contribution < -0.4 is 5.73 Å². The summed E-state index contributed by atoms with van der Waals surface area (Å²) in [7, 11) is 0. The second-order valence-electron chi connectivity index (χ2n) is 1.93. The molecule has 1 atom stereocenters. The van der Waals surface area contributed by atoms with Crippen molar-refractivity contribution >= 4 is 35.3 Å². The highest BCUT2D eigenvalue weighted by Gasteiger charge is 2.00. The summed E-state index contributed by atoms with van der Waals surface area (Å²) in [5, 5.41) is 0. The van der Waals surface area contributed by atoms with E-state index in [0.717, 1.165) is 9.21 Å². The van der Waals surface area contributed by atoms with E-state index < -0.39 is 0 Å². The van der Waals surface area contributed by atoms with E-state index >= 15 is 0 Å². The van der Waals surface area contributed by atoms with Crippen LogP contribution >= 0.6 is 35.3 Å². The predicted octanol–water partition coefficient (Wildman–Crippen LogP) is 2.84. The Morgan fingerprint density at radius 2 is 2.20 bits per heavy atom. The molecule has 0 aliphatic carbocycles. The number of thiophene rings is 1. The van der Waals surface area contributed by atoms with Gasteiger partial charge in [-0.2, -0.15) is 0 Å². The van der Waals surface area contributed by atoms with Crippen LogP contribution in [0.2, 0.25) is 4.34 Å². The van der Waals surface area contributed by atoms with Crippen molar-refractivity contribution in [1.82, 2.24) is 0 Å². The molecule has 0 saturated heterocycles. The van der Waals surface area contributed by atoms with Gasteiger partial charge in [0, 0.05) is 10.9 Å². The van der Waals surface area contributed by atoms with Crippen LogP contribution in [0.25, 0.3) is 0 Å². The summed E-state index contributed by atoms with van der Waals surface area (Å²) in [6.07, 6.45) is 0. The fourth-order valence-corrected chi connectivity index (χ4v) is 1.59. The fraction of sp³-hybridized carbons (Fsp3) is 0.333. The number of hydrogen-bond donors (Lipinski definition) is 1. The SMILES string of the molecule is CC(N)c1ccc(Cl)s1.Cl. The van der Waals surface area contributed by atoms with Crippen LogP contribution in [0.1, 0.15) is 17.8 Å². The molecule has 1 aromatic heterocycles. The van der Waals surface area contributed by atoms with Gasteiger partial charge < -0.3 is 5.73 Å². The summed E-state index contributed by atoms with van der Waals surface area (Å²) < 4.78 is 0.808. The Labute approximate surface area is 75.6 Å². The molecule has 2 N–H and O–H groups in total. The van der Waals surface area contributed by atoms with Crippen molar-refractivity contribution in [1.29, 1.82) is 0 Å². The quantitative estimate of drug-likeness (QED) is 0.737. The minimum Gasteiger partial charge on any atom is -0.324 e. The molecular formula is C6H9Cl2NS. The van der Waals surface area contributed by atoms with Gasteiger partial charge in [-0.25, -0.2) is 0 Å². The standard InChI is InChI=1S/C6H8ClNS.ClH/c1-4(8)5-2-3-6(7)9-5;/h2-4H,8H2,1H3;1H. The number of rotatable bonds is 1. The molecule has 10 heavy (non-hydrogen) atoms. The summed E-state index contributed by atoms with van der Waals surface area (Å²) in [6, 6.07) is 3.94. The minimum atomic E-state index is 0. The van der Waals surface area contributed by atoms with Crippen LogP contribution in [0.5, 0.6) is 0 Å². The largest absolute Gasteiger partial charge is 0.324 e. The van der Waals surface area contributed by atoms with Gasteiger partial charge in [-0.3, -0.25) is 0 Å². The minimum absolute atomic E-state index is 0. The van der Waals surface area contributed by atoms with Crippen LogP contribution in [0.4, 0.5) is 0 Å². The molecule has 1 rings (SSSR count). The van der Waals surface area contributed by atoms with Gasteiger partial charge in [-0.1, -0.05) is 11.6 Å². The van der Waals surface area contributed by atoms with Gasteiger partial charge in [0.05, 0.1) is 4.34 Å². The highest BCUT2D eigenvalue weighted by atomic mass is 35.5. The number of hydrogen-bond acceptors (Lipinski definition) is 2. The zero-order valence-electron chi connectivity index (χ0n) is 5.50. The van der Waals surface area contributed by atoms with Gasteiger partial charge in [0.25, 0.3) is 0 Å². The maximum absolute atomic E-state index is 5.67. The molecule has 0 aliphatic rings. The summed E-state index contributed by atoms with van der Waals surface area (Å²) in [5.74, 6) is 0. The summed E-state index contributed by atoms with van der Waals surface area (Å²) in [5.41, 5.74) is 5.58. The lowest BCUT2D eigenvalue weighted by molar-refractivity contribution is 0.838. The lowest BCUT2D eigenvalue weighted by atomic mass is 10.3. The first kappa shape index (κ1) is 10.2. The third-order valence-corrected chi connectivity index (χ3v) is 2.47. The Kier molecular flexibility index (Phi) is 4.29. The molecule has 0 amide bonds. The van der Waals surface area contributed by atoms with Crippen LogP contribution in [-0.4, -0.2) is 0 Å². The highest BCUT2D eigenvalue weighted by molar-refractivity contribution is 7.16. The molecule has 0 spiro atoms. The molecule has 58 valence electrons. The lowest BCUT2D eigenvalue weighted by Crippen LogP contribution is -2.01. The third kappa shape index (κ3) is 2.46. The molecular weight excluding hydrogens is 189 g/mol. The normalized spacial score (nSPS) is 12.3. The summed E-state index contributed by atoms with van der Waals surface area (Å²) >= 11 is 7.20. The Bertz CT molecular complexity index is 197. The van der Waals surface area contributed by atoms with E-state index in [2.05, 4.69) is 0 Å². The third-order valence-electron chi connectivity index (χ3n) is 1.04. The van der Waals surface area contributed by atoms with Gasteiger partial charge in [-0.05, 0) is 19.1 Å². The van der Waals surface area contributed by atoms with Crippen molar-refractivity contribution in [2.24, 2.45) is 5.73 Å². The molecule has 0 radical (unpaired) electrons. The second kappa shape index (κ2) is 4.19. The van der Waals surface area contributed by atoms with Gasteiger partial charge in [0.2, 0.25) is 0 Å². The van der Waals surface area contributed by atoms with E-state index in [1.165, 1.54) is 11.3 Å². The topological polar surface area (TPSA) is 26.0 Å². The lowest BCUT2D eigenvalue weighted by Gasteiger charge is -1.96.